The Hall–Kier alpha value is 0. The zero-order valence-electron chi connectivity index (χ0n) is 7.61. The SMILES string of the molecule is CCCC(C)C1(CC)CC1. The Kier molecular flexibility index (Phi) is 2.38. The summed E-state index contributed by atoms with van der Waals surface area (Å²) in [6, 6.07) is 0. The average Bonchev–Trinajstić information content (AvgIpc) is 2.68. The maximum atomic E-state index is 2.43. The summed E-state index contributed by atoms with van der Waals surface area (Å²) in [6.45, 7) is 7.07. The quantitative estimate of drug-likeness (QED) is 0.559. The summed E-state index contributed by atoms with van der Waals surface area (Å²) in [4.78, 5) is 0. The molecule has 0 heteroatoms. The lowest BCUT2D eigenvalue weighted by molar-refractivity contribution is 0.301. The maximum Gasteiger partial charge on any atom is -0.0274 e. The minimum absolute atomic E-state index is 0.802. The third-order valence-electron chi connectivity index (χ3n) is 3.36. The molecule has 1 unspecified atom stereocenters. The van der Waals surface area contributed by atoms with E-state index in [-0.39, 0.29) is 0 Å². The van der Waals surface area contributed by atoms with Gasteiger partial charge in [-0.2, -0.15) is 0 Å². The summed E-state index contributed by atoms with van der Waals surface area (Å²) in [5, 5.41) is 0. The van der Waals surface area contributed by atoms with Crippen molar-refractivity contribution >= 4 is 0 Å². The van der Waals surface area contributed by atoms with Crippen LogP contribution in [-0.4, -0.2) is 0 Å². The molecule has 0 N–H and O–H groups in total. The molecule has 0 spiro atoms. The first kappa shape index (κ1) is 8.10. The van der Waals surface area contributed by atoms with E-state index < -0.39 is 0 Å². The predicted molar refractivity (Wildman–Crippen MR) is 46.0 cm³/mol. The first-order valence-electron chi connectivity index (χ1n) is 4.75. The smallest absolute Gasteiger partial charge is 0.0274 e. The molecule has 0 bridgehead atoms. The van der Waals surface area contributed by atoms with Crippen molar-refractivity contribution in [2.24, 2.45) is 11.3 Å². The fourth-order valence-corrected chi connectivity index (χ4v) is 2.09. The van der Waals surface area contributed by atoms with E-state index in [9.17, 15) is 0 Å². The largest absolute Gasteiger partial charge is 0.0654 e. The van der Waals surface area contributed by atoms with E-state index in [1.54, 1.807) is 0 Å². The Morgan fingerprint density at radius 2 is 1.90 bits per heavy atom. The first-order chi connectivity index (χ1) is 4.75. The van der Waals surface area contributed by atoms with Crippen molar-refractivity contribution in [1.29, 1.82) is 0 Å². The topological polar surface area (TPSA) is 0 Å². The summed E-state index contributed by atoms with van der Waals surface area (Å²) in [5.41, 5.74) is 0.802. The Labute approximate surface area is 65.0 Å². The zero-order chi connectivity index (χ0) is 7.61. The molecule has 1 saturated carbocycles. The summed E-state index contributed by atoms with van der Waals surface area (Å²) >= 11 is 0. The molecule has 0 amide bonds. The van der Waals surface area contributed by atoms with Crippen molar-refractivity contribution < 1.29 is 0 Å². The molecule has 0 heterocycles. The zero-order valence-corrected chi connectivity index (χ0v) is 7.61. The van der Waals surface area contributed by atoms with Crippen LogP contribution in [-0.2, 0) is 0 Å². The van der Waals surface area contributed by atoms with Gasteiger partial charge in [-0.05, 0) is 24.2 Å². The summed E-state index contributed by atoms with van der Waals surface area (Å²) in [6.07, 6.45) is 7.22. The second-order valence-corrected chi connectivity index (χ2v) is 3.91. The second kappa shape index (κ2) is 2.94. The average molecular weight is 140 g/mol. The van der Waals surface area contributed by atoms with Crippen LogP contribution in [0.2, 0.25) is 0 Å². The van der Waals surface area contributed by atoms with Crippen LogP contribution in [0.1, 0.15) is 52.9 Å². The monoisotopic (exact) mass is 140 g/mol. The van der Waals surface area contributed by atoms with Crippen LogP contribution in [0.5, 0.6) is 0 Å². The van der Waals surface area contributed by atoms with Crippen molar-refractivity contribution in [3.63, 3.8) is 0 Å². The van der Waals surface area contributed by atoms with E-state index >= 15 is 0 Å². The van der Waals surface area contributed by atoms with Gasteiger partial charge in [0.05, 0.1) is 0 Å². The molecule has 1 fully saturated rings. The van der Waals surface area contributed by atoms with Crippen molar-refractivity contribution in [3.8, 4) is 0 Å². The molecule has 0 aromatic heterocycles. The number of rotatable bonds is 4. The highest BCUT2D eigenvalue weighted by Gasteiger charge is 2.44. The molecular formula is C10H20. The fourth-order valence-electron chi connectivity index (χ4n) is 2.09. The van der Waals surface area contributed by atoms with Gasteiger partial charge in [0.1, 0.15) is 0 Å². The van der Waals surface area contributed by atoms with Gasteiger partial charge in [0.2, 0.25) is 0 Å². The standard InChI is InChI=1S/C10H20/c1-4-6-9(3)10(5-2)7-8-10/h9H,4-8H2,1-3H3. The van der Waals surface area contributed by atoms with Crippen molar-refractivity contribution in [1.82, 2.24) is 0 Å². The van der Waals surface area contributed by atoms with Gasteiger partial charge in [0, 0.05) is 0 Å². The van der Waals surface area contributed by atoms with Crippen molar-refractivity contribution in [2.75, 3.05) is 0 Å². The van der Waals surface area contributed by atoms with Crippen LogP contribution in [0, 0.1) is 11.3 Å². The summed E-state index contributed by atoms with van der Waals surface area (Å²) in [7, 11) is 0. The molecule has 0 aromatic carbocycles. The Morgan fingerprint density at radius 3 is 2.20 bits per heavy atom. The van der Waals surface area contributed by atoms with Gasteiger partial charge < -0.3 is 0 Å². The number of hydrogen-bond donors (Lipinski definition) is 0. The molecule has 60 valence electrons. The van der Waals surface area contributed by atoms with Gasteiger partial charge in [0.15, 0.2) is 0 Å². The van der Waals surface area contributed by atoms with E-state index in [1.807, 2.05) is 0 Å². The molecule has 0 saturated heterocycles. The molecule has 0 radical (unpaired) electrons. The van der Waals surface area contributed by atoms with Gasteiger partial charge in [-0.1, -0.05) is 40.0 Å². The van der Waals surface area contributed by atoms with Gasteiger partial charge in [-0.25, -0.2) is 0 Å². The molecule has 1 aliphatic rings. The van der Waals surface area contributed by atoms with Gasteiger partial charge in [-0.15, -0.1) is 0 Å². The Morgan fingerprint density at radius 1 is 1.30 bits per heavy atom. The maximum absolute atomic E-state index is 2.43. The van der Waals surface area contributed by atoms with Crippen LogP contribution < -0.4 is 0 Å². The van der Waals surface area contributed by atoms with E-state index in [4.69, 9.17) is 0 Å². The summed E-state index contributed by atoms with van der Waals surface area (Å²) < 4.78 is 0. The molecule has 1 rings (SSSR count). The lowest BCUT2D eigenvalue weighted by Crippen LogP contribution is -2.10. The highest BCUT2D eigenvalue weighted by Crippen LogP contribution is 2.55. The normalized spacial score (nSPS) is 24.3. The predicted octanol–water partition coefficient (Wildman–Crippen LogP) is 3.61. The fraction of sp³-hybridized carbons (Fsp3) is 1.00. The number of hydrogen-bond acceptors (Lipinski definition) is 0. The minimum Gasteiger partial charge on any atom is -0.0654 e. The van der Waals surface area contributed by atoms with Gasteiger partial charge >= 0.3 is 0 Å². The molecule has 0 aliphatic heterocycles. The van der Waals surface area contributed by atoms with E-state index in [0.717, 1.165) is 11.3 Å². The van der Waals surface area contributed by atoms with E-state index in [2.05, 4.69) is 20.8 Å². The lowest BCUT2D eigenvalue weighted by Gasteiger charge is -2.20. The van der Waals surface area contributed by atoms with Crippen molar-refractivity contribution in [2.45, 2.75) is 52.9 Å². The van der Waals surface area contributed by atoms with Crippen LogP contribution in [0.25, 0.3) is 0 Å². The van der Waals surface area contributed by atoms with Crippen LogP contribution in [0.4, 0.5) is 0 Å². The minimum atomic E-state index is 0.802. The Balaban J connectivity index is 2.32. The van der Waals surface area contributed by atoms with Crippen LogP contribution in [0.3, 0.4) is 0 Å². The first-order valence-corrected chi connectivity index (χ1v) is 4.75. The summed E-state index contributed by atoms with van der Waals surface area (Å²) in [5.74, 6) is 0.988. The van der Waals surface area contributed by atoms with Gasteiger partial charge in [0.25, 0.3) is 0 Å². The Bertz CT molecular complexity index is 101. The molecule has 0 aromatic rings. The van der Waals surface area contributed by atoms with Gasteiger partial charge in [-0.3, -0.25) is 0 Å². The van der Waals surface area contributed by atoms with Crippen LogP contribution >= 0.6 is 0 Å². The molecule has 0 nitrogen and oxygen atoms in total. The molecule has 10 heavy (non-hydrogen) atoms. The van der Waals surface area contributed by atoms with E-state index in [0.29, 0.717) is 0 Å². The highest BCUT2D eigenvalue weighted by atomic mass is 14.5. The molecule has 1 aliphatic carbocycles. The second-order valence-electron chi connectivity index (χ2n) is 3.91. The lowest BCUT2D eigenvalue weighted by atomic mass is 9.85. The van der Waals surface area contributed by atoms with Crippen LogP contribution in [0.15, 0.2) is 0 Å². The third-order valence-corrected chi connectivity index (χ3v) is 3.36. The van der Waals surface area contributed by atoms with E-state index in [1.165, 1.54) is 32.1 Å². The highest BCUT2D eigenvalue weighted by molar-refractivity contribution is 4.95. The molecule has 1 atom stereocenters. The van der Waals surface area contributed by atoms with Crippen molar-refractivity contribution in [3.05, 3.63) is 0 Å². The third kappa shape index (κ3) is 1.36. The molecular weight excluding hydrogens is 120 g/mol.